The topological polar surface area (TPSA) is 92.9 Å². The van der Waals surface area contributed by atoms with Gasteiger partial charge in [0.15, 0.2) is 0 Å². The standard InChI is InChI=1S/C14H22N2O4S/c1-20-14-10-12(6-7-13(14)15)21(18,19)16-8-2-4-11(16)5-3-9-17/h6-7,10-11,17H,2-5,8-9,15H2,1H3. The van der Waals surface area contributed by atoms with Crippen LogP contribution in [0.3, 0.4) is 0 Å². The molecule has 2 rings (SSSR count). The van der Waals surface area contributed by atoms with Crippen LogP contribution in [0.5, 0.6) is 5.75 Å². The highest BCUT2D eigenvalue weighted by atomic mass is 32.2. The zero-order chi connectivity index (χ0) is 15.5. The van der Waals surface area contributed by atoms with Crippen LogP contribution in [0.4, 0.5) is 5.69 Å². The number of aliphatic hydroxyl groups excluding tert-OH is 1. The van der Waals surface area contributed by atoms with Crippen LogP contribution < -0.4 is 10.5 Å². The molecule has 6 nitrogen and oxygen atoms in total. The van der Waals surface area contributed by atoms with Crippen LogP contribution in [-0.2, 0) is 10.0 Å². The highest BCUT2D eigenvalue weighted by Crippen LogP contribution is 2.31. The number of benzene rings is 1. The fraction of sp³-hybridized carbons (Fsp3) is 0.571. The number of methoxy groups -OCH3 is 1. The molecular weight excluding hydrogens is 292 g/mol. The largest absolute Gasteiger partial charge is 0.495 e. The number of hydrogen-bond acceptors (Lipinski definition) is 5. The second kappa shape index (κ2) is 6.64. The second-order valence-corrected chi connectivity index (χ2v) is 7.07. The Bertz CT molecular complexity index is 589. The Morgan fingerprint density at radius 2 is 2.24 bits per heavy atom. The number of anilines is 1. The minimum Gasteiger partial charge on any atom is -0.495 e. The van der Waals surface area contributed by atoms with Gasteiger partial charge in [-0.25, -0.2) is 8.42 Å². The molecule has 1 atom stereocenters. The molecule has 21 heavy (non-hydrogen) atoms. The van der Waals surface area contributed by atoms with E-state index in [1.165, 1.54) is 23.5 Å². The molecule has 0 amide bonds. The minimum atomic E-state index is -3.55. The van der Waals surface area contributed by atoms with E-state index < -0.39 is 10.0 Å². The summed E-state index contributed by atoms with van der Waals surface area (Å²) in [7, 11) is -2.09. The van der Waals surface area contributed by atoms with E-state index in [-0.39, 0.29) is 17.5 Å². The van der Waals surface area contributed by atoms with Crippen LogP contribution in [0.25, 0.3) is 0 Å². The quantitative estimate of drug-likeness (QED) is 0.770. The molecule has 0 bridgehead atoms. The van der Waals surface area contributed by atoms with Crippen molar-refractivity contribution in [1.29, 1.82) is 0 Å². The number of rotatable bonds is 6. The lowest BCUT2D eigenvalue weighted by Crippen LogP contribution is -2.35. The summed E-state index contributed by atoms with van der Waals surface area (Å²) < 4.78 is 32.1. The zero-order valence-electron chi connectivity index (χ0n) is 12.2. The third-order valence-electron chi connectivity index (χ3n) is 3.83. The normalized spacial score (nSPS) is 19.8. The zero-order valence-corrected chi connectivity index (χ0v) is 13.0. The summed E-state index contributed by atoms with van der Waals surface area (Å²) in [5.41, 5.74) is 6.14. The van der Waals surface area contributed by atoms with Gasteiger partial charge in [0.2, 0.25) is 10.0 Å². The van der Waals surface area contributed by atoms with Crippen molar-refractivity contribution in [2.75, 3.05) is 26.0 Å². The van der Waals surface area contributed by atoms with Crippen LogP contribution in [0.15, 0.2) is 23.1 Å². The molecule has 0 saturated carbocycles. The third kappa shape index (κ3) is 3.30. The Morgan fingerprint density at radius 3 is 2.90 bits per heavy atom. The molecule has 1 saturated heterocycles. The summed E-state index contributed by atoms with van der Waals surface area (Å²) in [5.74, 6) is 0.363. The first-order valence-corrected chi connectivity index (χ1v) is 8.51. The molecule has 7 heteroatoms. The maximum atomic E-state index is 12.8. The predicted octanol–water partition coefficient (Wildman–Crippen LogP) is 1.20. The molecule has 1 aliphatic rings. The highest BCUT2D eigenvalue weighted by Gasteiger charge is 2.35. The van der Waals surface area contributed by atoms with Crippen molar-refractivity contribution in [3.8, 4) is 5.75 Å². The fourth-order valence-corrected chi connectivity index (χ4v) is 4.47. The number of nitrogen functional groups attached to an aromatic ring is 1. The van der Waals surface area contributed by atoms with E-state index in [2.05, 4.69) is 0 Å². The van der Waals surface area contributed by atoms with Gasteiger partial charge in [0.1, 0.15) is 5.75 Å². The minimum absolute atomic E-state index is 0.0364. The molecule has 1 heterocycles. The smallest absolute Gasteiger partial charge is 0.243 e. The molecule has 1 fully saturated rings. The first kappa shape index (κ1) is 16.1. The van der Waals surface area contributed by atoms with Crippen molar-refractivity contribution in [3.63, 3.8) is 0 Å². The van der Waals surface area contributed by atoms with E-state index in [4.69, 9.17) is 15.6 Å². The van der Waals surface area contributed by atoms with Crippen molar-refractivity contribution < 1.29 is 18.3 Å². The van der Waals surface area contributed by atoms with E-state index in [1.54, 1.807) is 6.07 Å². The van der Waals surface area contributed by atoms with Crippen LogP contribution >= 0.6 is 0 Å². The van der Waals surface area contributed by atoms with Gasteiger partial charge >= 0.3 is 0 Å². The summed E-state index contributed by atoms with van der Waals surface area (Å²) in [6.07, 6.45) is 2.98. The van der Waals surface area contributed by atoms with E-state index in [1.807, 2.05) is 0 Å². The van der Waals surface area contributed by atoms with Gasteiger partial charge < -0.3 is 15.6 Å². The Labute approximate surface area is 125 Å². The van der Waals surface area contributed by atoms with Crippen LogP contribution in [0.1, 0.15) is 25.7 Å². The van der Waals surface area contributed by atoms with E-state index in [9.17, 15) is 8.42 Å². The summed E-state index contributed by atoms with van der Waals surface area (Å²) in [4.78, 5) is 0.199. The molecule has 0 spiro atoms. The number of aliphatic hydroxyl groups is 1. The predicted molar refractivity (Wildman–Crippen MR) is 80.6 cm³/mol. The molecular formula is C14H22N2O4S. The highest BCUT2D eigenvalue weighted by molar-refractivity contribution is 7.89. The molecule has 3 N–H and O–H groups in total. The van der Waals surface area contributed by atoms with Crippen molar-refractivity contribution in [2.24, 2.45) is 0 Å². The summed E-state index contributed by atoms with van der Waals surface area (Å²) in [6, 6.07) is 4.48. The average molecular weight is 314 g/mol. The Hall–Kier alpha value is -1.31. The van der Waals surface area contributed by atoms with Gasteiger partial charge in [-0.2, -0.15) is 4.31 Å². The second-order valence-electron chi connectivity index (χ2n) is 5.18. The maximum Gasteiger partial charge on any atom is 0.243 e. The van der Waals surface area contributed by atoms with Crippen molar-refractivity contribution in [1.82, 2.24) is 4.31 Å². The van der Waals surface area contributed by atoms with Crippen LogP contribution in [-0.4, -0.2) is 44.1 Å². The maximum absolute atomic E-state index is 12.8. The Morgan fingerprint density at radius 1 is 1.48 bits per heavy atom. The molecule has 0 aliphatic carbocycles. The van der Waals surface area contributed by atoms with Crippen LogP contribution in [0, 0.1) is 0 Å². The van der Waals surface area contributed by atoms with Crippen LogP contribution in [0.2, 0.25) is 0 Å². The van der Waals surface area contributed by atoms with Gasteiger partial charge in [-0.15, -0.1) is 0 Å². The molecule has 1 unspecified atom stereocenters. The van der Waals surface area contributed by atoms with E-state index >= 15 is 0 Å². The molecule has 118 valence electrons. The van der Waals surface area contributed by atoms with E-state index in [0.717, 1.165) is 12.8 Å². The molecule has 0 radical (unpaired) electrons. The number of hydrogen-bond donors (Lipinski definition) is 2. The third-order valence-corrected chi connectivity index (χ3v) is 5.78. The van der Waals surface area contributed by atoms with E-state index in [0.29, 0.717) is 30.8 Å². The lowest BCUT2D eigenvalue weighted by Gasteiger charge is -2.24. The SMILES string of the molecule is COc1cc(S(=O)(=O)N2CCCC2CCCO)ccc1N. The van der Waals surface area contributed by atoms with Crippen molar-refractivity contribution in [2.45, 2.75) is 36.6 Å². The Kier molecular flexibility index (Phi) is 5.08. The number of nitrogens with two attached hydrogens (primary N) is 1. The average Bonchev–Trinajstić information content (AvgIpc) is 2.94. The van der Waals surface area contributed by atoms with Gasteiger partial charge in [0.05, 0.1) is 17.7 Å². The van der Waals surface area contributed by atoms with Gasteiger partial charge in [0, 0.05) is 25.3 Å². The fourth-order valence-electron chi connectivity index (χ4n) is 2.73. The van der Waals surface area contributed by atoms with Gasteiger partial charge in [-0.1, -0.05) is 0 Å². The number of nitrogens with zero attached hydrogens (tertiary/aromatic N) is 1. The first-order chi connectivity index (χ1) is 10.0. The van der Waals surface area contributed by atoms with Crippen molar-refractivity contribution in [3.05, 3.63) is 18.2 Å². The molecule has 1 aromatic rings. The number of ether oxygens (including phenoxy) is 1. The van der Waals surface area contributed by atoms with Crippen molar-refractivity contribution >= 4 is 15.7 Å². The monoisotopic (exact) mass is 314 g/mol. The molecule has 1 aliphatic heterocycles. The lowest BCUT2D eigenvalue weighted by atomic mass is 10.1. The molecule has 0 aromatic heterocycles. The van der Waals surface area contributed by atoms with Gasteiger partial charge in [-0.3, -0.25) is 0 Å². The Balaban J connectivity index is 2.28. The van der Waals surface area contributed by atoms with Gasteiger partial charge in [0.25, 0.3) is 0 Å². The summed E-state index contributed by atoms with van der Waals surface area (Å²) in [6.45, 7) is 0.602. The number of sulfonamides is 1. The molecule has 1 aromatic carbocycles. The summed E-state index contributed by atoms with van der Waals surface area (Å²) >= 11 is 0. The summed E-state index contributed by atoms with van der Waals surface area (Å²) in [5, 5.41) is 8.93. The van der Waals surface area contributed by atoms with Gasteiger partial charge in [-0.05, 0) is 37.8 Å². The first-order valence-electron chi connectivity index (χ1n) is 7.07. The lowest BCUT2D eigenvalue weighted by molar-refractivity contribution is 0.264.